The van der Waals surface area contributed by atoms with Crippen LogP contribution in [0.2, 0.25) is 0 Å². The Morgan fingerprint density at radius 2 is 2.26 bits per heavy atom. The fourth-order valence-electron chi connectivity index (χ4n) is 2.23. The molecule has 0 spiro atoms. The van der Waals surface area contributed by atoms with Gasteiger partial charge in [-0.1, -0.05) is 0 Å². The smallest absolute Gasteiger partial charge is 0.269 e. The van der Waals surface area contributed by atoms with Gasteiger partial charge in [-0.05, 0) is 25.5 Å². The maximum Gasteiger partial charge on any atom is 0.269 e. The number of morpholine rings is 1. The van der Waals surface area contributed by atoms with Crippen LogP contribution in [0, 0.1) is 10.1 Å². The molecule has 1 heterocycles. The number of rotatable bonds is 3. The maximum absolute atomic E-state index is 10.8. The molecule has 1 saturated heterocycles. The fourth-order valence-corrected chi connectivity index (χ4v) is 2.23. The number of nitro benzene ring substituents is 1. The molecule has 2 rings (SSSR count). The van der Waals surface area contributed by atoms with E-state index < -0.39 is 4.92 Å². The molecule has 1 aliphatic rings. The van der Waals surface area contributed by atoms with E-state index in [9.17, 15) is 10.1 Å². The highest BCUT2D eigenvalue weighted by Gasteiger charge is 2.30. The monoisotopic (exact) mass is 265 g/mol. The lowest BCUT2D eigenvalue weighted by Crippen LogP contribution is -2.52. The van der Waals surface area contributed by atoms with Crippen molar-refractivity contribution in [3.63, 3.8) is 0 Å². The Morgan fingerprint density at radius 1 is 1.53 bits per heavy atom. The first-order chi connectivity index (χ1) is 8.90. The summed E-state index contributed by atoms with van der Waals surface area (Å²) in [5, 5.41) is 10.8. The number of nitro groups is 1. The predicted molar refractivity (Wildman–Crippen MR) is 72.8 cm³/mol. The summed E-state index contributed by atoms with van der Waals surface area (Å²) in [6, 6.07) is 4.59. The Balaban J connectivity index is 2.22. The number of hydrogen-bond donors (Lipinski definition) is 1. The largest absolute Gasteiger partial charge is 0.398 e. The molecular formula is C13H19N3O3. The third-order valence-electron chi connectivity index (χ3n) is 3.52. The number of benzene rings is 1. The van der Waals surface area contributed by atoms with Crippen LogP contribution in [0.1, 0.15) is 19.4 Å². The third kappa shape index (κ3) is 3.02. The number of nitrogens with two attached hydrogens (primary N) is 1. The van der Waals surface area contributed by atoms with Gasteiger partial charge in [0.05, 0.1) is 18.1 Å². The van der Waals surface area contributed by atoms with Gasteiger partial charge in [-0.25, -0.2) is 0 Å². The molecule has 1 aliphatic heterocycles. The van der Waals surface area contributed by atoms with Crippen LogP contribution in [0.15, 0.2) is 18.2 Å². The summed E-state index contributed by atoms with van der Waals surface area (Å²) in [6.07, 6.45) is 0. The van der Waals surface area contributed by atoms with Gasteiger partial charge in [-0.2, -0.15) is 0 Å². The molecule has 104 valence electrons. The van der Waals surface area contributed by atoms with Gasteiger partial charge in [0.15, 0.2) is 0 Å². The topological polar surface area (TPSA) is 81.6 Å². The third-order valence-corrected chi connectivity index (χ3v) is 3.52. The van der Waals surface area contributed by atoms with Gasteiger partial charge in [0.25, 0.3) is 5.69 Å². The van der Waals surface area contributed by atoms with E-state index >= 15 is 0 Å². The molecule has 0 aliphatic carbocycles. The molecule has 0 aromatic heterocycles. The van der Waals surface area contributed by atoms with Crippen molar-refractivity contribution in [1.29, 1.82) is 0 Å². The number of nitrogen functional groups attached to an aromatic ring is 1. The molecule has 0 saturated carbocycles. The van der Waals surface area contributed by atoms with Gasteiger partial charge >= 0.3 is 0 Å². The van der Waals surface area contributed by atoms with Crippen molar-refractivity contribution in [2.75, 3.05) is 25.5 Å². The SMILES string of the molecule is CC1(C)COCCN1Cc1cc([N+](=O)[O-])ccc1N. The Bertz CT molecular complexity index is 488. The van der Waals surface area contributed by atoms with Gasteiger partial charge in [-0.15, -0.1) is 0 Å². The number of hydrogen-bond acceptors (Lipinski definition) is 5. The van der Waals surface area contributed by atoms with Gasteiger partial charge in [0, 0.05) is 36.4 Å². The summed E-state index contributed by atoms with van der Waals surface area (Å²) < 4.78 is 5.46. The number of nitrogens with zero attached hydrogens (tertiary/aromatic N) is 2. The normalized spacial score (nSPS) is 19.3. The van der Waals surface area contributed by atoms with Crippen LogP contribution in [0.25, 0.3) is 0 Å². The van der Waals surface area contributed by atoms with Gasteiger partial charge in [-0.3, -0.25) is 15.0 Å². The number of ether oxygens (including phenoxy) is 1. The molecule has 0 atom stereocenters. The molecule has 6 heteroatoms. The van der Waals surface area contributed by atoms with E-state index in [2.05, 4.69) is 18.7 Å². The minimum Gasteiger partial charge on any atom is -0.398 e. The van der Waals surface area contributed by atoms with E-state index in [1.54, 1.807) is 12.1 Å². The summed E-state index contributed by atoms with van der Waals surface area (Å²) >= 11 is 0. The lowest BCUT2D eigenvalue weighted by atomic mass is 10.0. The average molecular weight is 265 g/mol. The number of non-ortho nitro benzene ring substituents is 1. The highest BCUT2D eigenvalue weighted by atomic mass is 16.6. The van der Waals surface area contributed by atoms with Gasteiger partial charge in [0.2, 0.25) is 0 Å². The minimum absolute atomic E-state index is 0.0789. The van der Waals surface area contributed by atoms with Crippen molar-refractivity contribution in [3.8, 4) is 0 Å². The van der Waals surface area contributed by atoms with Crippen molar-refractivity contribution in [2.45, 2.75) is 25.9 Å². The average Bonchev–Trinajstić information content (AvgIpc) is 2.34. The quantitative estimate of drug-likeness (QED) is 0.512. The fraction of sp³-hybridized carbons (Fsp3) is 0.538. The number of anilines is 1. The van der Waals surface area contributed by atoms with Crippen LogP contribution in [0.4, 0.5) is 11.4 Å². The standard InChI is InChI=1S/C13H19N3O3/c1-13(2)9-19-6-5-15(13)8-10-7-11(16(17)18)3-4-12(10)14/h3-4,7H,5-6,8-9,14H2,1-2H3. The van der Waals surface area contributed by atoms with Crippen LogP contribution in [0.3, 0.4) is 0 Å². The van der Waals surface area contributed by atoms with Crippen molar-refractivity contribution >= 4 is 11.4 Å². The van der Waals surface area contributed by atoms with E-state index in [1.807, 2.05) is 0 Å². The van der Waals surface area contributed by atoms with Crippen LogP contribution < -0.4 is 5.73 Å². The summed E-state index contributed by atoms with van der Waals surface area (Å²) in [4.78, 5) is 12.7. The van der Waals surface area contributed by atoms with Crippen LogP contribution in [0.5, 0.6) is 0 Å². The first-order valence-corrected chi connectivity index (χ1v) is 6.26. The maximum atomic E-state index is 10.8. The first kappa shape index (κ1) is 13.8. The Morgan fingerprint density at radius 3 is 2.89 bits per heavy atom. The highest BCUT2D eigenvalue weighted by Crippen LogP contribution is 2.26. The zero-order chi connectivity index (χ0) is 14.0. The van der Waals surface area contributed by atoms with Gasteiger partial charge < -0.3 is 10.5 Å². The summed E-state index contributed by atoms with van der Waals surface area (Å²) in [5.41, 5.74) is 7.29. The van der Waals surface area contributed by atoms with E-state index in [-0.39, 0.29) is 11.2 Å². The highest BCUT2D eigenvalue weighted by molar-refractivity contribution is 5.52. The van der Waals surface area contributed by atoms with E-state index in [0.717, 1.165) is 12.1 Å². The molecule has 1 fully saturated rings. The van der Waals surface area contributed by atoms with Crippen LogP contribution >= 0.6 is 0 Å². The summed E-state index contributed by atoms with van der Waals surface area (Å²) in [6.45, 7) is 6.93. The molecule has 1 aromatic rings. The molecule has 6 nitrogen and oxygen atoms in total. The van der Waals surface area contributed by atoms with Gasteiger partial charge in [0.1, 0.15) is 0 Å². The lowest BCUT2D eigenvalue weighted by molar-refractivity contribution is -0.384. The second-order valence-corrected chi connectivity index (χ2v) is 5.43. The van der Waals surface area contributed by atoms with Crippen molar-refractivity contribution < 1.29 is 9.66 Å². The summed E-state index contributed by atoms with van der Waals surface area (Å²) in [5.74, 6) is 0. The molecule has 1 aromatic carbocycles. The zero-order valence-corrected chi connectivity index (χ0v) is 11.3. The van der Waals surface area contributed by atoms with Crippen LogP contribution in [-0.4, -0.2) is 35.1 Å². The summed E-state index contributed by atoms with van der Waals surface area (Å²) in [7, 11) is 0. The van der Waals surface area contributed by atoms with Crippen LogP contribution in [-0.2, 0) is 11.3 Å². The molecule has 0 bridgehead atoms. The minimum atomic E-state index is -0.395. The Hall–Kier alpha value is -1.66. The second-order valence-electron chi connectivity index (χ2n) is 5.43. The molecule has 0 amide bonds. The van der Waals surface area contributed by atoms with E-state index in [1.165, 1.54) is 6.07 Å². The van der Waals surface area contributed by atoms with Crippen molar-refractivity contribution in [1.82, 2.24) is 4.90 Å². The lowest BCUT2D eigenvalue weighted by Gasteiger charge is -2.42. The van der Waals surface area contributed by atoms with Crippen molar-refractivity contribution in [2.24, 2.45) is 0 Å². The molecular weight excluding hydrogens is 246 g/mol. The first-order valence-electron chi connectivity index (χ1n) is 6.26. The molecule has 0 radical (unpaired) electrons. The Kier molecular flexibility index (Phi) is 3.73. The predicted octanol–water partition coefficient (Wildman–Crippen LogP) is 1.79. The second kappa shape index (κ2) is 5.14. The molecule has 0 unspecified atom stereocenters. The Labute approximate surface area is 112 Å². The van der Waals surface area contributed by atoms with Crippen molar-refractivity contribution in [3.05, 3.63) is 33.9 Å². The molecule has 2 N–H and O–H groups in total. The van der Waals surface area contributed by atoms with E-state index in [4.69, 9.17) is 10.5 Å². The zero-order valence-electron chi connectivity index (χ0n) is 11.3. The molecule has 19 heavy (non-hydrogen) atoms. The van der Waals surface area contributed by atoms with E-state index in [0.29, 0.717) is 25.4 Å².